The molecule has 1 atom stereocenters. The second-order valence-electron chi connectivity index (χ2n) is 5.23. The van der Waals surface area contributed by atoms with E-state index in [0.717, 1.165) is 26.1 Å². The van der Waals surface area contributed by atoms with Crippen LogP contribution in [-0.4, -0.2) is 43.2 Å². The number of carbonyl (C=O) groups is 1. The van der Waals surface area contributed by atoms with Gasteiger partial charge >= 0.3 is 0 Å². The van der Waals surface area contributed by atoms with Crippen LogP contribution in [0.5, 0.6) is 0 Å². The van der Waals surface area contributed by atoms with Crippen LogP contribution in [0.25, 0.3) is 0 Å². The summed E-state index contributed by atoms with van der Waals surface area (Å²) in [7, 11) is 0. The lowest BCUT2D eigenvalue weighted by atomic mass is 10.1. The van der Waals surface area contributed by atoms with Crippen LogP contribution in [0.4, 0.5) is 0 Å². The number of benzene rings is 1. The van der Waals surface area contributed by atoms with Gasteiger partial charge < -0.3 is 15.0 Å². The third-order valence-corrected chi connectivity index (χ3v) is 3.48. The summed E-state index contributed by atoms with van der Waals surface area (Å²) < 4.78 is 5.41. The van der Waals surface area contributed by atoms with Crippen molar-refractivity contribution < 1.29 is 9.53 Å². The number of amides is 1. The fourth-order valence-corrected chi connectivity index (χ4v) is 2.46. The predicted octanol–water partition coefficient (Wildman–Crippen LogP) is 2.23. The lowest BCUT2D eigenvalue weighted by Gasteiger charge is -2.27. The first kappa shape index (κ1) is 18.0. The molecule has 1 amide bonds. The molecule has 1 aliphatic rings. The summed E-state index contributed by atoms with van der Waals surface area (Å²) >= 11 is 0. The van der Waals surface area contributed by atoms with Crippen molar-refractivity contribution in [1.29, 1.82) is 0 Å². The van der Waals surface area contributed by atoms with Gasteiger partial charge in [-0.25, -0.2) is 0 Å². The fraction of sp³-hybridized carbons (Fsp3) is 0.562. The Kier molecular flexibility index (Phi) is 8.35. The van der Waals surface area contributed by atoms with Gasteiger partial charge in [-0.15, -0.1) is 12.4 Å². The molecule has 0 bridgehead atoms. The summed E-state index contributed by atoms with van der Waals surface area (Å²) in [5.74, 6) is 0.207. The van der Waals surface area contributed by atoms with Gasteiger partial charge in [0.15, 0.2) is 0 Å². The predicted molar refractivity (Wildman–Crippen MR) is 86.6 cm³/mol. The van der Waals surface area contributed by atoms with Crippen LogP contribution in [-0.2, 0) is 16.1 Å². The zero-order valence-electron chi connectivity index (χ0n) is 12.6. The van der Waals surface area contributed by atoms with Crippen molar-refractivity contribution in [2.24, 2.45) is 0 Å². The quantitative estimate of drug-likeness (QED) is 0.876. The van der Waals surface area contributed by atoms with Gasteiger partial charge in [-0.3, -0.25) is 4.79 Å². The lowest BCUT2D eigenvalue weighted by Crippen LogP contribution is -2.45. The molecule has 0 aliphatic carbocycles. The summed E-state index contributed by atoms with van der Waals surface area (Å²) in [6.07, 6.45) is 1.50. The highest BCUT2D eigenvalue weighted by Gasteiger charge is 2.20. The highest BCUT2D eigenvalue weighted by Crippen LogP contribution is 2.09. The molecule has 0 spiro atoms. The first-order valence-corrected chi connectivity index (χ1v) is 7.42. The number of hydrogen-bond donors (Lipinski definition) is 1. The molecule has 118 valence electrons. The second-order valence-corrected chi connectivity index (χ2v) is 5.23. The third kappa shape index (κ3) is 6.04. The first-order valence-electron chi connectivity index (χ1n) is 7.42. The highest BCUT2D eigenvalue weighted by molar-refractivity contribution is 5.85. The normalized spacial score (nSPS) is 17.9. The maximum Gasteiger partial charge on any atom is 0.224 e. The van der Waals surface area contributed by atoms with E-state index in [1.54, 1.807) is 0 Å². The molecule has 0 saturated carbocycles. The highest BCUT2D eigenvalue weighted by atomic mass is 35.5. The number of hydrogen-bond acceptors (Lipinski definition) is 3. The zero-order valence-corrected chi connectivity index (χ0v) is 13.4. The third-order valence-electron chi connectivity index (χ3n) is 3.48. The zero-order chi connectivity index (χ0) is 14.2. The van der Waals surface area contributed by atoms with Crippen LogP contribution in [0.3, 0.4) is 0 Å². The van der Waals surface area contributed by atoms with E-state index in [1.165, 1.54) is 5.56 Å². The number of carbonyl (C=O) groups excluding carboxylic acids is 1. The van der Waals surface area contributed by atoms with Crippen LogP contribution < -0.4 is 5.32 Å². The SMILES string of the molecule is CCCN(Cc1ccccc1)C(=O)CC1COCCN1.Cl. The molecule has 1 heterocycles. The summed E-state index contributed by atoms with van der Waals surface area (Å²) in [5.41, 5.74) is 1.18. The van der Waals surface area contributed by atoms with E-state index in [2.05, 4.69) is 24.4 Å². The van der Waals surface area contributed by atoms with Crippen molar-refractivity contribution >= 4 is 18.3 Å². The maximum absolute atomic E-state index is 12.4. The van der Waals surface area contributed by atoms with Crippen LogP contribution in [0.15, 0.2) is 30.3 Å². The molecular formula is C16H25ClN2O2. The molecule has 1 aromatic carbocycles. The van der Waals surface area contributed by atoms with Crippen molar-refractivity contribution in [3.8, 4) is 0 Å². The number of rotatable bonds is 6. The van der Waals surface area contributed by atoms with Crippen molar-refractivity contribution in [3.05, 3.63) is 35.9 Å². The average Bonchev–Trinajstić information content (AvgIpc) is 2.49. The Morgan fingerprint density at radius 3 is 2.76 bits per heavy atom. The molecule has 0 radical (unpaired) electrons. The van der Waals surface area contributed by atoms with E-state index in [-0.39, 0.29) is 24.4 Å². The van der Waals surface area contributed by atoms with E-state index < -0.39 is 0 Å². The van der Waals surface area contributed by atoms with Crippen molar-refractivity contribution in [2.45, 2.75) is 32.4 Å². The number of morpholine rings is 1. The molecule has 0 aromatic heterocycles. The van der Waals surface area contributed by atoms with E-state index >= 15 is 0 Å². The minimum Gasteiger partial charge on any atom is -0.378 e. The average molecular weight is 313 g/mol. The molecule has 1 aromatic rings. The Hall–Kier alpha value is -1.10. The first-order chi connectivity index (χ1) is 9.79. The van der Waals surface area contributed by atoms with Crippen molar-refractivity contribution in [3.63, 3.8) is 0 Å². The Labute approximate surface area is 133 Å². The lowest BCUT2D eigenvalue weighted by molar-refractivity contribution is -0.133. The van der Waals surface area contributed by atoms with Gasteiger partial charge in [-0.1, -0.05) is 37.3 Å². The number of halogens is 1. The van der Waals surface area contributed by atoms with Crippen LogP contribution in [0, 0.1) is 0 Å². The standard InChI is InChI=1S/C16H24N2O2.ClH/c1-2-9-18(12-14-6-4-3-5-7-14)16(19)11-15-13-20-10-8-17-15;/h3-7,15,17H,2,8-13H2,1H3;1H. The molecule has 4 nitrogen and oxygen atoms in total. The smallest absolute Gasteiger partial charge is 0.224 e. The Balaban J connectivity index is 0.00000220. The van der Waals surface area contributed by atoms with Crippen LogP contribution in [0.2, 0.25) is 0 Å². The van der Waals surface area contributed by atoms with E-state index in [1.807, 2.05) is 23.1 Å². The molecule has 2 rings (SSSR count). The minimum atomic E-state index is 0. The second kappa shape index (κ2) is 9.77. The monoisotopic (exact) mass is 312 g/mol. The minimum absolute atomic E-state index is 0. The molecule has 1 fully saturated rings. The largest absolute Gasteiger partial charge is 0.378 e. The van der Waals surface area contributed by atoms with Crippen molar-refractivity contribution in [2.75, 3.05) is 26.3 Å². The summed E-state index contributed by atoms with van der Waals surface area (Å²) in [4.78, 5) is 14.4. The topological polar surface area (TPSA) is 41.6 Å². The summed E-state index contributed by atoms with van der Waals surface area (Å²) in [6.45, 7) is 5.82. The Morgan fingerprint density at radius 1 is 1.38 bits per heavy atom. The molecule has 21 heavy (non-hydrogen) atoms. The molecule has 5 heteroatoms. The van der Waals surface area contributed by atoms with E-state index in [0.29, 0.717) is 19.6 Å². The van der Waals surface area contributed by atoms with Gasteiger partial charge in [0.05, 0.1) is 13.2 Å². The molecular weight excluding hydrogens is 288 g/mol. The van der Waals surface area contributed by atoms with Gasteiger partial charge in [0, 0.05) is 32.1 Å². The van der Waals surface area contributed by atoms with Gasteiger partial charge in [0.1, 0.15) is 0 Å². The molecule has 1 saturated heterocycles. The van der Waals surface area contributed by atoms with Crippen LogP contribution >= 0.6 is 12.4 Å². The number of nitrogens with zero attached hydrogens (tertiary/aromatic N) is 1. The van der Waals surface area contributed by atoms with Gasteiger partial charge in [-0.2, -0.15) is 0 Å². The summed E-state index contributed by atoms with van der Waals surface area (Å²) in [6, 6.07) is 10.3. The Morgan fingerprint density at radius 2 is 2.14 bits per heavy atom. The van der Waals surface area contributed by atoms with Gasteiger partial charge in [0.2, 0.25) is 5.91 Å². The fourth-order valence-electron chi connectivity index (χ4n) is 2.46. The van der Waals surface area contributed by atoms with E-state index in [4.69, 9.17) is 4.74 Å². The molecule has 1 N–H and O–H groups in total. The maximum atomic E-state index is 12.4. The Bertz CT molecular complexity index is 408. The summed E-state index contributed by atoms with van der Waals surface area (Å²) in [5, 5.41) is 3.34. The molecule has 1 aliphatic heterocycles. The van der Waals surface area contributed by atoms with Crippen LogP contribution in [0.1, 0.15) is 25.3 Å². The number of ether oxygens (including phenoxy) is 1. The molecule has 1 unspecified atom stereocenters. The number of nitrogens with one attached hydrogen (secondary N) is 1. The van der Waals surface area contributed by atoms with Gasteiger partial charge in [0.25, 0.3) is 0 Å². The van der Waals surface area contributed by atoms with E-state index in [9.17, 15) is 4.79 Å². The van der Waals surface area contributed by atoms with Gasteiger partial charge in [-0.05, 0) is 12.0 Å². The van der Waals surface area contributed by atoms with Crippen molar-refractivity contribution in [1.82, 2.24) is 10.2 Å².